The second-order valence-electron chi connectivity index (χ2n) is 12.2. The Morgan fingerprint density at radius 2 is 0.820 bits per heavy atom. The van der Waals surface area contributed by atoms with E-state index >= 15 is 0 Å². The van der Waals surface area contributed by atoms with Crippen LogP contribution >= 0.6 is 0 Å². The number of benzene rings is 4. The van der Waals surface area contributed by atoms with Crippen LogP contribution in [0.15, 0.2) is 97.1 Å². The van der Waals surface area contributed by atoms with E-state index in [1.807, 2.05) is 9.80 Å². The number of piperidine rings is 2. The number of hydrogen-bond donors (Lipinski definition) is 2. The van der Waals surface area contributed by atoms with E-state index in [1.54, 1.807) is 60.7 Å². The molecule has 0 aliphatic carbocycles. The highest BCUT2D eigenvalue weighted by molar-refractivity contribution is 6.06. The molecular formula is C38H38F6N4O2. The zero-order valence-corrected chi connectivity index (χ0v) is 27.3. The van der Waals surface area contributed by atoms with Gasteiger partial charge in [0.1, 0.15) is 0 Å². The lowest BCUT2D eigenvalue weighted by Crippen LogP contribution is -2.30. The number of alkyl halides is 6. The first-order valence-corrected chi connectivity index (χ1v) is 16.6. The summed E-state index contributed by atoms with van der Waals surface area (Å²) in [6.45, 7) is 3.11. The Balaban J connectivity index is 0.000000194. The summed E-state index contributed by atoms with van der Waals surface area (Å²) in [6, 6.07) is 24.0. The second kappa shape index (κ2) is 16.1. The molecule has 0 aromatic heterocycles. The molecule has 6 nitrogen and oxygen atoms in total. The van der Waals surface area contributed by atoms with Gasteiger partial charge in [-0.3, -0.25) is 9.59 Å². The van der Waals surface area contributed by atoms with Crippen molar-refractivity contribution in [3.8, 4) is 0 Å². The van der Waals surface area contributed by atoms with Gasteiger partial charge in [0, 0.05) is 37.3 Å². The van der Waals surface area contributed by atoms with Crippen LogP contribution in [-0.4, -0.2) is 38.0 Å². The van der Waals surface area contributed by atoms with Gasteiger partial charge >= 0.3 is 12.4 Å². The molecule has 264 valence electrons. The number of hydrogen-bond acceptors (Lipinski definition) is 4. The van der Waals surface area contributed by atoms with Gasteiger partial charge in [-0.1, -0.05) is 36.4 Å². The number of nitrogens with zero attached hydrogens (tertiary/aromatic N) is 2. The van der Waals surface area contributed by atoms with Gasteiger partial charge in [-0.2, -0.15) is 26.3 Å². The fourth-order valence-electron chi connectivity index (χ4n) is 6.01. The van der Waals surface area contributed by atoms with E-state index < -0.39 is 35.3 Å². The van der Waals surface area contributed by atoms with Crippen molar-refractivity contribution in [1.82, 2.24) is 0 Å². The minimum atomic E-state index is -4.45. The Morgan fingerprint density at radius 1 is 0.480 bits per heavy atom. The van der Waals surface area contributed by atoms with Crippen molar-refractivity contribution in [2.75, 3.05) is 46.6 Å². The predicted molar refractivity (Wildman–Crippen MR) is 184 cm³/mol. The lowest BCUT2D eigenvalue weighted by molar-refractivity contribution is -0.138. The zero-order valence-electron chi connectivity index (χ0n) is 27.3. The Hall–Kier alpha value is -5.00. The molecule has 2 N–H and O–H groups in total. The molecule has 50 heavy (non-hydrogen) atoms. The number of halogens is 6. The van der Waals surface area contributed by atoms with Crippen LogP contribution in [0.3, 0.4) is 0 Å². The van der Waals surface area contributed by atoms with Gasteiger partial charge in [0.15, 0.2) is 0 Å². The first kappa shape index (κ1) is 36.3. The molecule has 0 unspecified atom stereocenters. The van der Waals surface area contributed by atoms with Gasteiger partial charge in [0.2, 0.25) is 0 Å². The van der Waals surface area contributed by atoms with Crippen LogP contribution in [-0.2, 0) is 12.4 Å². The Morgan fingerprint density at radius 3 is 1.14 bits per heavy atom. The molecule has 4 aromatic carbocycles. The fraction of sp³-hybridized carbons (Fsp3) is 0.316. The Bertz CT molecular complexity index is 1610. The summed E-state index contributed by atoms with van der Waals surface area (Å²) in [6.07, 6.45) is -2.70. The van der Waals surface area contributed by atoms with Crippen LogP contribution in [0.4, 0.5) is 49.1 Å². The largest absolute Gasteiger partial charge is 0.416 e. The quantitative estimate of drug-likeness (QED) is 0.197. The molecule has 2 aliphatic heterocycles. The number of amides is 2. The van der Waals surface area contributed by atoms with E-state index in [0.717, 1.165) is 89.0 Å². The van der Waals surface area contributed by atoms with Crippen LogP contribution in [0, 0.1) is 0 Å². The maximum atomic E-state index is 13.1. The molecule has 4 aromatic rings. The SMILES string of the molecule is O=C(Nc1cc(C(F)(F)F)ccc1N1CCCCC1)c1ccccc1.O=C(Nc1cc(C(F)(F)F)ccc1N1CCCCC1)c1ccccc1. The zero-order chi connectivity index (χ0) is 35.7. The molecule has 12 heteroatoms. The third-order valence-corrected chi connectivity index (χ3v) is 8.61. The van der Waals surface area contributed by atoms with Crippen molar-refractivity contribution < 1.29 is 35.9 Å². The van der Waals surface area contributed by atoms with E-state index in [2.05, 4.69) is 10.6 Å². The highest BCUT2D eigenvalue weighted by Gasteiger charge is 2.33. The highest BCUT2D eigenvalue weighted by atomic mass is 19.4. The third kappa shape index (κ3) is 9.58. The van der Waals surface area contributed by atoms with Crippen molar-refractivity contribution in [3.63, 3.8) is 0 Å². The van der Waals surface area contributed by atoms with Gasteiger partial charge in [-0.15, -0.1) is 0 Å². The number of carbonyl (C=O) groups excluding carboxylic acids is 2. The minimum absolute atomic E-state index is 0.200. The van der Waals surface area contributed by atoms with Crippen LogP contribution in [0.25, 0.3) is 0 Å². The maximum absolute atomic E-state index is 13.1. The monoisotopic (exact) mass is 696 g/mol. The van der Waals surface area contributed by atoms with Crippen LogP contribution < -0.4 is 20.4 Å². The van der Waals surface area contributed by atoms with Crippen LogP contribution in [0.5, 0.6) is 0 Å². The summed E-state index contributed by atoms with van der Waals surface area (Å²) in [5, 5.41) is 5.31. The summed E-state index contributed by atoms with van der Waals surface area (Å²) >= 11 is 0. The first-order chi connectivity index (χ1) is 23.9. The predicted octanol–water partition coefficient (Wildman–Crippen LogP) is 9.90. The fourth-order valence-corrected chi connectivity index (χ4v) is 6.01. The van der Waals surface area contributed by atoms with Gasteiger partial charge in [-0.25, -0.2) is 0 Å². The van der Waals surface area contributed by atoms with E-state index in [1.165, 1.54) is 12.1 Å². The van der Waals surface area contributed by atoms with E-state index in [9.17, 15) is 35.9 Å². The van der Waals surface area contributed by atoms with Gasteiger partial charge < -0.3 is 20.4 Å². The summed E-state index contributed by atoms with van der Waals surface area (Å²) in [4.78, 5) is 28.9. The number of rotatable bonds is 6. The topological polar surface area (TPSA) is 64.7 Å². The van der Waals surface area contributed by atoms with Gasteiger partial charge in [0.05, 0.1) is 33.9 Å². The minimum Gasteiger partial charge on any atom is -0.370 e. The maximum Gasteiger partial charge on any atom is 0.416 e. The smallest absolute Gasteiger partial charge is 0.370 e. The molecular weight excluding hydrogens is 658 g/mol. The normalized spacial score (nSPS) is 15.1. The summed E-state index contributed by atoms with van der Waals surface area (Å²) < 4.78 is 78.5. The Labute approximate surface area is 287 Å². The molecule has 2 fully saturated rings. The average molecular weight is 697 g/mol. The first-order valence-electron chi connectivity index (χ1n) is 16.6. The second-order valence-corrected chi connectivity index (χ2v) is 12.2. The van der Waals surface area contributed by atoms with Crippen molar-refractivity contribution in [3.05, 3.63) is 119 Å². The van der Waals surface area contributed by atoms with Crippen molar-refractivity contribution in [2.24, 2.45) is 0 Å². The lowest BCUT2D eigenvalue weighted by Gasteiger charge is -2.31. The summed E-state index contributed by atoms with van der Waals surface area (Å²) in [5.41, 5.74) is 0.951. The number of anilines is 4. The molecule has 0 radical (unpaired) electrons. The standard InChI is InChI=1S/2C19H19F3N2O/c2*20-19(21,22)15-9-10-17(24-11-5-2-6-12-24)16(13-15)23-18(25)14-7-3-1-4-8-14/h2*1,3-4,7-10,13H,2,5-6,11-12H2,(H,23,25). The third-order valence-electron chi connectivity index (χ3n) is 8.61. The lowest BCUT2D eigenvalue weighted by atomic mass is 10.1. The molecule has 0 saturated carbocycles. The summed E-state index contributed by atoms with van der Waals surface area (Å²) in [7, 11) is 0. The van der Waals surface area contributed by atoms with E-state index in [0.29, 0.717) is 22.5 Å². The van der Waals surface area contributed by atoms with Crippen molar-refractivity contribution >= 4 is 34.6 Å². The van der Waals surface area contributed by atoms with Gasteiger partial charge in [0.25, 0.3) is 11.8 Å². The number of nitrogens with one attached hydrogen (secondary N) is 2. The van der Waals surface area contributed by atoms with E-state index in [-0.39, 0.29) is 11.4 Å². The molecule has 2 aliphatic rings. The van der Waals surface area contributed by atoms with Crippen molar-refractivity contribution in [1.29, 1.82) is 0 Å². The molecule has 0 bridgehead atoms. The van der Waals surface area contributed by atoms with Crippen molar-refractivity contribution in [2.45, 2.75) is 50.9 Å². The molecule has 2 heterocycles. The summed E-state index contributed by atoms with van der Waals surface area (Å²) in [5.74, 6) is -0.837. The Kier molecular flexibility index (Phi) is 11.7. The van der Waals surface area contributed by atoms with Gasteiger partial charge in [-0.05, 0) is 99.2 Å². The van der Waals surface area contributed by atoms with Crippen LogP contribution in [0.1, 0.15) is 70.4 Å². The highest BCUT2D eigenvalue weighted by Crippen LogP contribution is 2.38. The van der Waals surface area contributed by atoms with E-state index in [4.69, 9.17) is 0 Å². The van der Waals surface area contributed by atoms with Crippen LogP contribution in [0.2, 0.25) is 0 Å². The molecule has 0 atom stereocenters. The average Bonchev–Trinajstić information content (AvgIpc) is 3.12. The molecule has 2 amide bonds. The molecule has 6 rings (SSSR count). The molecule has 2 saturated heterocycles. The number of carbonyl (C=O) groups is 2. The molecule has 0 spiro atoms.